The van der Waals surface area contributed by atoms with Crippen LogP contribution < -0.4 is 10.6 Å². The van der Waals surface area contributed by atoms with Crippen molar-refractivity contribution in [3.8, 4) is 0 Å². The van der Waals surface area contributed by atoms with Gasteiger partial charge in [0.2, 0.25) is 0 Å². The quantitative estimate of drug-likeness (QED) is 0.520. The standard InChI is InChI=1S/C21H26N2O2S2/c1-3-13-26-20(24)22-18-9-5-16(6-10-18)15-17-7-11-19(12-8-17)23-21(25)27-14-4-2/h5-12H,3-4,13-15H2,1-2H3,(H,22,24)(H,23,25). The van der Waals surface area contributed by atoms with E-state index in [1.165, 1.54) is 34.7 Å². The van der Waals surface area contributed by atoms with E-state index >= 15 is 0 Å². The summed E-state index contributed by atoms with van der Waals surface area (Å²) in [6, 6.07) is 15.8. The highest BCUT2D eigenvalue weighted by Gasteiger charge is 2.04. The van der Waals surface area contributed by atoms with Gasteiger partial charge in [0.05, 0.1) is 0 Å². The second kappa shape index (κ2) is 11.7. The van der Waals surface area contributed by atoms with E-state index in [4.69, 9.17) is 0 Å². The molecule has 0 atom stereocenters. The van der Waals surface area contributed by atoms with Crippen molar-refractivity contribution < 1.29 is 9.59 Å². The average molecular weight is 403 g/mol. The van der Waals surface area contributed by atoms with Crippen LogP contribution in [0, 0.1) is 0 Å². The summed E-state index contributed by atoms with van der Waals surface area (Å²) in [7, 11) is 0. The molecule has 6 heteroatoms. The molecule has 0 spiro atoms. The van der Waals surface area contributed by atoms with E-state index in [1.807, 2.05) is 48.5 Å². The lowest BCUT2D eigenvalue weighted by Crippen LogP contribution is -2.05. The maximum absolute atomic E-state index is 11.7. The highest BCUT2D eigenvalue weighted by molar-refractivity contribution is 8.14. The first kappa shape index (κ1) is 21.4. The third-order valence-electron chi connectivity index (χ3n) is 3.68. The van der Waals surface area contributed by atoms with Crippen molar-refractivity contribution in [3.05, 3.63) is 59.7 Å². The number of thioether (sulfide) groups is 2. The van der Waals surface area contributed by atoms with Crippen molar-refractivity contribution in [3.63, 3.8) is 0 Å². The van der Waals surface area contributed by atoms with Gasteiger partial charge in [0.25, 0.3) is 10.5 Å². The number of amides is 2. The second-order valence-electron chi connectivity index (χ2n) is 6.09. The number of hydrogen-bond acceptors (Lipinski definition) is 4. The van der Waals surface area contributed by atoms with E-state index in [-0.39, 0.29) is 10.5 Å². The van der Waals surface area contributed by atoms with E-state index in [9.17, 15) is 9.59 Å². The smallest absolute Gasteiger partial charge is 0.283 e. The highest BCUT2D eigenvalue weighted by Crippen LogP contribution is 2.18. The number of carbonyl (C=O) groups is 2. The Kier molecular flexibility index (Phi) is 9.28. The molecule has 0 fully saturated rings. The van der Waals surface area contributed by atoms with Crippen LogP contribution in [-0.4, -0.2) is 22.0 Å². The van der Waals surface area contributed by atoms with Gasteiger partial charge in [-0.05, 0) is 54.7 Å². The minimum absolute atomic E-state index is 0.0145. The fourth-order valence-electron chi connectivity index (χ4n) is 2.34. The molecule has 2 aromatic carbocycles. The highest BCUT2D eigenvalue weighted by atomic mass is 32.2. The number of anilines is 2. The number of hydrogen-bond donors (Lipinski definition) is 2. The van der Waals surface area contributed by atoms with Crippen molar-refractivity contribution in [1.29, 1.82) is 0 Å². The van der Waals surface area contributed by atoms with E-state index in [2.05, 4.69) is 24.5 Å². The lowest BCUT2D eigenvalue weighted by atomic mass is 10.0. The summed E-state index contributed by atoms with van der Waals surface area (Å²) < 4.78 is 0. The van der Waals surface area contributed by atoms with Gasteiger partial charge in [-0.2, -0.15) is 0 Å². The summed E-state index contributed by atoms with van der Waals surface area (Å²) in [6.45, 7) is 4.11. The first-order valence-electron chi connectivity index (χ1n) is 9.16. The number of benzene rings is 2. The Morgan fingerprint density at radius 3 is 1.41 bits per heavy atom. The molecule has 0 unspecified atom stereocenters. The lowest BCUT2D eigenvalue weighted by molar-refractivity contribution is 0.269. The van der Waals surface area contributed by atoms with Gasteiger partial charge in [0, 0.05) is 22.9 Å². The maximum Gasteiger partial charge on any atom is 0.283 e. The first-order chi connectivity index (χ1) is 13.1. The average Bonchev–Trinajstić information content (AvgIpc) is 2.68. The van der Waals surface area contributed by atoms with Crippen LogP contribution in [0.3, 0.4) is 0 Å². The molecule has 4 nitrogen and oxygen atoms in total. The molecule has 0 bridgehead atoms. The number of nitrogens with one attached hydrogen (secondary N) is 2. The van der Waals surface area contributed by atoms with Crippen molar-refractivity contribution in [2.45, 2.75) is 33.1 Å². The van der Waals surface area contributed by atoms with Gasteiger partial charge in [0.15, 0.2) is 0 Å². The van der Waals surface area contributed by atoms with Crippen molar-refractivity contribution >= 4 is 45.4 Å². The predicted molar refractivity (Wildman–Crippen MR) is 119 cm³/mol. The Bertz CT molecular complexity index is 667. The Labute approximate surface area is 169 Å². The van der Waals surface area contributed by atoms with Crippen LogP contribution in [0.5, 0.6) is 0 Å². The van der Waals surface area contributed by atoms with Crippen LogP contribution in [0.15, 0.2) is 48.5 Å². The van der Waals surface area contributed by atoms with Gasteiger partial charge in [-0.25, -0.2) is 0 Å². The molecule has 2 amide bonds. The van der Waals surface area contributed by atoms with Crippen LogP contribution in [-0.2, 0) is 6.42 Å². The Hall–Kier alpha value is -1.92. The van der Waals surface area contributed by atoms with Gasteiger partial charge < -0.3 is 10.6 Å². The van der Waals surface area contributed by atoms with Gasteiger partial charge >= 0.3 is 0 Å². The predicted octanol–water partition coefficient (Wildman–Crippen LogP) is 6.63. The van der Waals surface area contributed by atoms with E-state index < -0.39 is 0 Å². The molecule has 144 valence electrons. The van der Waals surface area contributed by atoms with Crippen molar-refractivity contribution in [1.82, 2.24) is 0 Å². The molecule has 0 aromatic heterocycles. The molecule has 0 radical (unpaired) electrons. The van der Waals surface area contributed by atoms with Gasteiger partial charge in [-0.3, -0.25) is 9.59 Å². The molecule has 0 heterocycles. The molecule has 2 N–H and O–H groups in total. The molecule has 0 aliphatic carbocycles. The second-order valence-corrected chi connectivity index (χ2v) is 8.23. The molecule has 0 saturated heterocycles. The minimum atomic E-state index is -0.0145. The summed E-state index contributed by atoms with van der Waals surface area (Å²) in [5.74, 6) is 1.66. The zero-order chi connectivity index (χ0) is 19.5. The number of rotatable bonds is 8. The Balaban J connectivity index is 1.86. The van der Waals surface area contributed by atoms with E-state index in [0.29, 0.717) is 0 Å². The van der Waals surface area contributed by atoms with Crippen LogP contribution in [0.2, 0.25) is 0 Å². The van der Waals surface area contributed by atoms with Crippen LogP contribution in [0.25, 0.3) is 0 Å². The van der Waals surface area contributed by atoms with Crippen molar-refractivity contribution in [2.24, 2.45) is 0 Å². The fourth-order valence-corrected chi connectivity index (χ4v) is 3.50. The van der Waals surface area contributed by atoms with Gasteiger partial charge in [0.1, 0.15) is 0 Å². The van der Waals surface area contributed by atoms with Crippen LogP contribution in [0.1, 0.15) is 37.8 Å². The summed E-state index contributed by atoms with van der Waals surface area (Å²) in [6.07, 6.45) is 2.77. The molecule has 2 rings (SSSR count). The molecular weight excluding hydrogens is 376 g/mol. The van der Waals surface area contributed by atoms with Gasteiger partial charge in [-0.15, -0.1) is 0 Å². The molecule has 0 saturated carbocycles. The molecule has 0 aliphatic heterocycles. The molecular formula is C21H26N2O2S2. The fraction of sp³-hybridized carbons (Fsp3) is 0.333. The zero-order valence-electron chi connectivity index (χ0n) is 15.8. The topological polar surface area (TPSA) is 58.2 Å². The molecule has 27 heavy (non-hydrogen) atoms. The summed E-state index contributed by atoms with van der Waals surface area (Å²) in [4.78, 5) is 23.5. The molecule has 2 aromatic rings. The van der Waals surface area contributed by atoms with E-state index in [0.717, 1.165) is 42.1 Å². The van der Waals surface area contributed by atoms with E-state index in [1.54, 1.807) is 0 Å². The third kappa shape index (κ3) is 8.10. The van der Waals surface area contributed by atoms with Crippen molar-refractivity contribution in [2.75, 3.05) is 22.1 Å². The summed E-state index contributed by atoms with van der Waals surface area (Å²) in [5.41, 5.74) is 3.97. The maximum atomic E-state index is 11.7. The van der Waals surface area contributed by atoms with Crippen LogP contribution in [0.4, 0.5) is 21.0 Å². The number of carbonyl (C=O) groups excluding carboxylic acids is 2. The minimum Gasteiger partial charge on any atom is -0.317 e. The largest absolute Gasteiger partial charge is 0.317 e. The Morgan fingerprint density at radius 1 is 0.704 bits per heavy atom. The molecule has 0 aliphatic rings. The Morgan fingerprint density at radius 2 is 1.07 bits per heavy atom. The van der Waals surface area contributed by atoms with Gasteiger partial charge in [-0.1, -0.05) is 61.6 Å². The monoisotopic (exact) mass is 402 g/mol. The first-order valence-corrected chi connectivity index (χ1v) is 11.1. The third-order valence-corrected chi connectivity index (χ3v) is 5.64. The summed E-state index contributed by atoms with van der Waals surface area (Å²) >= 11 is 2.61. The normalized spacial score (nSPS) is 10.4. The lowest BCUT2D eigenvalue weighted by Gasteiger charge is -2.08. The summed E-state index contributed by atoms with van der Waals surface area (Å²) in [5, 5.41) is 5.75. The SMILES string of the molecule is CCCSC(=O)Nc1ccc(Cc2ccc(NC(=O)SCCC)cc2)cc1. The zero-order valence-corrected chi connectivity index (χ0v) is 17.4. The van der Waals surface area contributed by atoms with Crippen LogP contribution >= 0.6 is 23.5 Å².